The van der Waals surface area contributed by atoms with Crippen LogP contribution in [0.25, 0.3) is 10.9 Å². The van der Waals surface area contributed by atoms with E-state index in [2.05, 4.69) is 15.9 Å². The standard InChI is InChI=1S/C20H18BrNO5S/c1-3-27-20(24)17-12-22(18-9-6-14(21)10-16(18)19(17)23)11-13-4-7-15(8-5-13)28(2,25)26/h4-10,12H,3,11H2,1-2H3. The fourth-order valence-corrected chi connectivity index (χ4v) is 3.89. The van der Waals surface area contributed by atoms with Crippen molar-refractivity contribution >= 4 is 42.6 Å². The number of sulfone groups is 1. The van der Waals surface area contributed by atoms with Crippen LogP contribution in [0.4, 0.5) is 0 Å². The van der Waals surface area contributed by atoms with Crippen LogP contribution in [0.5, 0.6) is 0 Å². The molecule has 0 unspecified atom stereocenters. The smallest absolute Gasteiger partial charge is 0.343 e. The third kappa shape index (κ3) is 4.18. The van der Waals surface area contributed by atoms with Crippen molar-refractivity contribution in [3.8, 4) is 0 Å². The Morgan fingerprint density at radius 3 is 2.43 bits per heavy atom. The van der Waals surface area contributed by atoms with E-state index >= 15 is 0 Å². The Morgan fingerprint density at radius 1 is 1.14 bits per heavy atom. The second-order valence-electron chi connectivity index (χ2n) is 6.30. The second-order valence-corrected chi connectivity index (χ2v) is 9.23. The van der Waals surface area contributed by atoms with Crippen molar-refractivity contribution in [3.05, 3.63) is 74.5 Å². The Hall–Kier alpha value is -2.45. The fourth-order valence-electron chi connectivity index (χ4n) is 2.89. The molecule has 3 rings (SSSR count). The van der Waals surface area contributed by atoms with E-state index < -0.39 is 21.2 Å². The minimum atomic E-state index is -3.28. The minimum Gasteiger partial charge on any atom is -0.462 e. The molecular formula is C20H18BrNO5S. The lowest BCUT2D eigenvalue weighted by atomic mass is 10.1. The van der Waals surface area contributed by atoms with Crippen LogP contribution < -0.4 is 5.43 Å². The Bertz CT molecular complexity index is 1210. The first-order valence-electron chi connectivity index (χ1n) is 8.49. The van der Waals surface area contributed by atoms with Crippen LogP contribution in [0.15, 0.2) is 62.8 Å². The predicted molar refractivity (Wildman–Crippen MR) is 111 cm³/mol. The molecule has 0 fully saturated rings. The van der Waals surface area contributed by atoms with Gasteiger partial charge in [-0.3, -0.25) is 4.79 Å². The molecule has 3 aromatic rings. The molecule has 0 atom stereocenters. The molecular weight excluding hydrogens is 446 g/mol. The molecule has 0 amide bonds. The minimum absolute atomic E-state index is 0.0415. The molecule has 0 bridgehead atoms. The highest BCUT2D eigenvalue weighted by atomic mass is 79.9. The molecule has 6 nitrogen and oxygen atoms in total. The van der Waals surface area contributed by atoms with E-state index in [-0.39, 0.29) is 17.1 Å². The number of hydrogen-bond donors (Lipinski definition) is 0. The average Bonchev–Trinajstić information content (AvgIpc) is 2.64. The van der Waals surface area contributed by atoms with Gasteiger partial charge in [-0.05, 0) is 42.8 Å². The molecule has 0 N–H and O–H groups in total. The third-order valence-corrected chi connectivity index (χ3v) is 5.86. The molecule has 0 saturated heterocycles. The van der Waals surface area contributed by atoms with Gasteiger partial charge in [0, 0.05) is 28.9 Å². The summed E-state index contributed by atoms with van der Waals surface area (Å²) in [7, 11) is -3.28. The van der Waals surface area contributed by atoms with Crippen LogP contribution in [0.2, 0.25) is 0 Å². The van der Waals surface area contributed by atoms with E-state index in [1.807, 2.05) is 6.07 Å². The number of hydrogen-bond acceptors (Lipinski definition) is 5. The number of esters is 1. The van der Waals surface area contributed by atoms with Gasteiger partial charge in [0.25, 0.3) is 0 Å². The summed E-state index contributed by atoms with van der Waals surface area (Å²) in [4.78, 5) is 25.2. The van der Waals surface area contributed by atoms with Crippen molar-refractivity contribution in [1.82, 2.24) is 4.57 Å². The number of ether oxygens (including phenoxy) is 1. The van der Waals surface area contributed by atoms with Gasteiger partial charge >= 0.3 is 5.97 Å². The normalized spacial score (nSPS) is 11.5. The highest BCUT2D eigenvalue weighted by Gasteiger charge is 2.17. The van der Waals surface area contributed by atoms with Crippen molar-refractivity contribution < 1.29 is 17.9 Å². The molecule has 0 aliphatic rings. The van der Waals surface area contributed by atoms with E-state index in [0.29, 0.717) is 17.4 Å². The van der Waals surface area contributed by atoms with Gasteiger partial charge in [0.05, 0.1) is 17.0 Å². The monoisotopic (exact) mass is 463 g/mol. The second kappa shape index (κ2) is 7.89. The van der Waals surface area contributed by atoms with Gasteiger partial charge in [-0.1, -0.05) is 28.1 Å². The van der Waals surface area contributed by atoms with Crippen LogP contribution in [-0.4, -0.2) is 31.8 Å². The number of aromatic nitrogens is 1. The molecule has 1 heterocycles. The van der Waals surface area contributed by atoms with Gasteiger partial charge in [0.15, 0.2) is 9.84 Å². The summed E-state index contributed by atoms with van der Waals surface area (Å²) >= 11 is 3.36. The molecule has 0 aliphatic heterocycles. The average molecular weight is 464 g/mol. The van der Waals surface area contributed by atoms with Crippen LogP contribution in [0.1, 0.15) is 22.8 Å². The predicted octanol–water partition coefficient (Wildman–Crippen LogP) is 3.39. The summed E-state index contributed by atoms with van der Waals surface area (Å²) in [5.41, 5.74) is 1.06. The maximum absolute atomic E-state index is 12.8. The molecule has 146 valence electrons. The fraction of sp³-hybridized carbons (Fsp3) is 0.200. The Kier molecular flexibility index (Phi) is 5.71. The van der Waals surface area contributed by atoms with Crippen LogP contribution >= 0.6 is 15.9 Å². The first-order chi connectivity index (χ1) is 13.2. The summed E-state index contributed by atoms with van der Waals surface area (Å²) in [5, 5.41) is 0.396. The molecule has 8 heteroatoms. The van der Waals surface area contributed by atoms with Crippen LogP contribution in [0, 0.1) is 0 Å². The number of pyridine rings is 1. The number of benzene rings is 2. The first-order valence-corrected chi connectivity index (χ1v) is 11.2. The van der Waals surface area contributed by atoms with Crippen LogP contribution in [0.3, 0.4) is 0 Å². The van der Waals surface area contributed by atoms with Crippen molar-refractivity contribution in [2.75, 3.05) is 12.9 Å². The Labute approximate surface area is 170 Å². The lowest BCUT2D eigenvalue weighted by Crippen LogP contribution is -2.21. The highest BCUT2D eigenvalue weighted by molar-refractivity contribution is 9.10. The van der Waals surface area contributed by atoms with E-state index in [0.717, 1.165) is 16.3 Å². The van der Waals surface area contributed by atoms with Crippen molar-refractivity contribution in [2.45, 2.75) is 18.4 Å². The summed E-state index contributed by atoms with van der Waals surface area (Å²) < 4.78 is 30.8. The van der Waals surface area contributed by atoms with Crippen molar-refractivity contribution in [1.29, 1.82) is 0 Å². The SMILES string of the molecule is CCOC(=O)c1cn(Cc2ccc(S(C)(=O)=O)cc2)c2ccc(Br)cc2c1=O. The lowest BCUT2D eigenvalue weighted by Gasteiger charge is -2.14. The summed E-state index contributed by atoms with van der Waals surface area (Å²) in [5.74, 6) is -0.671. The third-order valence-electron chi connectivity index (χ3n) is 4.24. The van der Waals surface area contributed by atoms with Crippen molar-refractivity contribution in [3.63, 3.8) is 0 Å². The first kappa shape index (κ1) is 20.3. The summed E-state index contributed by atoms with van der Waals surface area (Å²) in [6, 6.07) is 11.8. The maximum Gasteiger partial charge on any atom is 0.343 e. The van der Waals surface area contributed by atoms with Gasteiger partial charge < -0.3 is 9.30 Å². The zero-order valence-corrected chi connectivity index (χ0v) is 17.7. The van der Waals surface area contributed by atoms with Gasteiger partial charge in [-0.25, -0.2) is 13.2 Å². The largest absolute Gasteiger partial charge is 0.462 e. The number of rotatable bonds is 5. The van der Waals surface area contributed by atoms with Crippen LogP contribution in [-0.2, 0) is 21.1 Å². The number of nitrogens with zero attached hydrogens (tertiary/aromatic N) is 1. The molecule has 28 heavy (non-hydrogen) atoms. The quantitative estimate of drug-likeness (QED) is 0.541. The van der Waals surface area contributed by atoms with Crippen molar-refractivity contribution in [2.24, 2.45) is 0 Å². The Morgan fingerprint density at radius 2 is 1.82 bits per heavy atom. The molecule has 1 aromatic heterocycles. The summed E-state index contributed by atoms with van der Waals surface area (Å²) in [6.07, 6.45) is 2.64. The maximum atomic E-state index is 12.8. The molecule has 0 aliphatic carbocycles. The van der Waals surface area contributed by atoms with Gasteiger partial charge in [0.2, 0.25) is 5.43 Å². The van der Waals surface area contributed by atoms with Gasteiger partial charge in [0.1, 0.15) is 5.56 Å². The topological polar surface area (TPSA) is 82.4 Å². The van der Waals surface area contributed by atoms with E-state index in [1.54, 1.807) is 35.8 Å². The molecule has 2 aromatic carbocycles. The summed E-state index contributed by atoms with van der Waals surface area (Å²) in [6.45, 7) is 2.20. The number of halogens is 1. The number of fused-ring (bicyclic) bond motifs is 1. The lowest BCUT2D eigenvalue weighted by molar-refractivity contribution is 0.0524. The highest BCUT2D eigenvalue weighted by Crippen LogP contribution is 2.20. The van der Waals surface area contributed by atoms with Gasteiger partial charge in [-0.15, -0.1) is 0 Å². The number of carbonyl (C=O) groups excluding carboxylic acids is 1. The Balaban J connectivity index is 2.13. The zero-order valence-electron chi connectivity index (χ0n) is 15.3. The van der Waals surface area contributed by atoms with Gasteiger partial charge in [-0.2, -0.15) is 0 Å². The number of carbonyl (C=O) groups is 1. The zero-order chi connectivity index (χ0) is 20.5. The van der Waals surface area contributed by atoms with E-state index in [4.69, 9.17) is 4.74 Å². The van der Waals surface area contributed by atoms with E-state index in [1.165, 1.54) is 18.3 Å². The molecule has 0 radical (unpaired) electrons. The van der Waals surface area contributed by atoms with E-state index in [9.17, 15) is 18.0 Å². The molecule has 0 spiro atoms. The molecule has 0 saturated carbocycles.